The van der Waals surface area contributed by atoms with E-state index in [1.165, 1.54) is 6.26 Å². The van der Waals surface area contributed by atoms with Gasteiger partial charge >= 0.3 is 0 Å². The van der Waals surface area contributed by atoms with Gasteiger partial charge in [-0.25, -0.2) is 4.98 Å². The number of H-pyrrole nitrogens is 1. The lowest BCUT2D eigenvalue weighted by Crippen LogP contribution is -2.15. The van der Waals surface area contributed by atoms with Crippen molar-refractivity contribution in [3.8, 4) is 17.5 Å². The minimum atomic E-state index is -0.561. The van der Waals surface area contributed by atoms with E-state index in [0.717, 1.165) is 17.3 Å². The summed E-state index contributed by atoms with van der Waals surface area (Å²) in [6, 6.07) is 12.4. The van der Waals surface area contributed by atoms with Gasteiger partial charge in [0, 0.05) is 5.56 Å². The largest absolute Gasteiger partial charge is 0.463 e. The Morgan fingerprint density at radius 2 is 2.08 bits per heavy atom. The number of carbonyl (C=O) groups is 1. The van der Waals surface area contributed by atoms with Gasteiger partial charge in [0.15, 0.2) is 16.7 Å². The number of nitriles is 1. The number of benzene rings is 1. The standard InChI is InChI=1S/C18H13N3O3S/c1-11-4-6-12(7-5-11)14(22)10-25-18-20-16(15-3-2-8-24-15)13(9-19)17(23)21-18/h2-8H,10H2,1H3,(H,20,21,23). The van der Waals surface area contributed by atoms with Gasteiger partial charge in [0.1, 0.15) is 17.3 Å². The SMILES string of the molecule is Cc1ccc(C(=O)CSc2nc(-c3ccco3)c(C#N)c(=O)[nH]2)cc1. The molecule has 3 rings (SSSR count). The first kappa shape index (κ1) is 16.7. The van der Waals surface area contributed by atoms with Crippen molar-refractivity contribution in [2.24, 2.45) is 0 Å². The zero-order valence-electron chi connectivity index (χ0n) is 13.3. The maximum absolute atomic E-state index is 12.2. The quantitative estimate of drug-likeness (QED) is 0.430. The number of aromatic nitrogens is 2. The molecule has 0 atom stereocenters. The van der Waals surface area contributed by atoms with Crippen LogP contribution in [0, 0.1) is 18.3 Å². The monoisotopic (exact) mass is 351 g/mol. The number of hydrogen-bond acceptors (Lipinski definition) is 6. The number of furan rings is 1. The first-order chi connectivity index (χ1) is 12.1. The lowest BCUT2D eigenvalue weighted by Gasteiger charge is -2.04. The van der Waals surface area contributed by atoms with Crippen LogP contribution in [0.25, 0.3) is 11.5 Å². The van der Waals surface area contributed by atoms with Gasteiger partial charge < -0.3 is 9.40 Å². The highest BCUT2D eigenvalue weighted by atomic mass is 32.2. The van der Waals surface area contributed by atoms with Crippen LogP contribution in [0.2, 0.25) is 0 Å². The second kappa shape index (κ2) is 7.20. The molecule has 0 aliphatic heterocycles. The number of aromatic amines is 1. The molecule has 0 spiro atoms. The summed E-state index contributed by atoms with van der Waals surface area (Å²) < 4.78 is 5.24. The van der Waals surface area contributed by atoms with Crippen LogP contribution in [-0.4, -0.2) is 21.5 Å². The van der Waals surface area contributed by atoms with Gasteiger partial charge in [0.25, 0.3) is 5.56 Å². The summed E-state index contributed by atoms with van der Waals surface area (Å²) >= 11 is 1.11. The van der Waals surface area contributed by atoms with Gasteiger partial charge in [-0.15, -0.1) is 0 Å². The Balaban J connectivity index is 1.84. The van der Waals surface area contributed by atoms with Gasteiger partial charge in [-0.2, -0.15) is 5.26 Å². The summed E-state index contributed by atoms with van der Waals surface area (Å²) in [5.74, 6) is 0.376. The van der Waals surface area contributed by atoms with E-state index >= 15 is 0 Å². The van der Waals surface area contributed by atoms with E-state index in [1.54, 1.807) is 24.3 Å². The second-order valence-electron chi connectivity index (χ2n) is 5.26. The molecule has 0 saturated carbocycles. The van der Waals surface area contributed by atoms with Crippen LogP contribution < -0.4 is 5.56 Å². The number of hydrogen-bond donors (Lipinski definition) is 1. The number of carbonyl (C=O) groups excluding carboxylic acids is 1. The summed E-state index contributed by atoms with van der Waals surface area (Å²) in [6.45, 7) is 1.95. The number of rotatable bonds is 5. The highest BCUT2D eigenvalue weighted by molar-refractivity contribution is 7.99. The summed E-state index contributed by atoms with van der Waals surface area (Å²) in [4.78, 5) is 31.1. The van der Waals surface area contributed by atoms with Crippen LogP contribution in [0.15, 0.2) is 57.0 Å². The Kier molecular flexibility index (Phi) is 4.82. The number of aryl methyl sites for hydroxylation is 1. The van der Waals surface area contributed by atoms with Crippen molar-refractivity contribution in [1.29, 1.82) is 5.26 Å². The fourth-order valence-corrected chi connectivity index (χ4v) is 2.93. The smallest absolute Gasteiger partial charge is 0.270 e. The summed E-state index contributed by atoms with van der Waals surface area (Å²) in [6.07, 6.45) is 1.44. The van der Waals surface area contributed by atoms with Crippen LogP contribution in [0.3, 0.4) is 0 Å². The van der Waals surface area contributed by atoms with E-state index in [-0.39, 0.29) is 27.9 Å². The van der Waals surface area contributed by atoms with E-state index < -0.39 is 5.56 Å². The first-order valence-electron chi connectivity index (χ1n) is 7.39. The number of nitrogens with one attached hydrogen (secondary N) is 1. The summed E-state index contributed by atoms with van der Waals surface area (Å²) in [5, 5.41) is 9.43. The Labute approximate surface area is 147 Å². The summed E-state index contributed by atoms with van der Waals surface area (Å²) in [7, 11) is 0. The Hall–Kier alpha value is -3.11. The average Bonchev–Trinajstić information content (AvgIpc) is 3.14. The molecular formula is C18H13N3O3S. The third-order valence-electron chi connectivity index (χ3n) is 3.48. The van der Waals surface area contributed by atoms with Crippen molar-refractivity contribution in [1.82, 2.24) is 9.97 Å². The predicted octanol–water partition coefficient (Wildman–Crippen LogP) is 3.19. The van der Waals surface area contributed by atoms with E-state index in [2.05, 4.69) is 9.97 Å². The molecule has 0 amide bonds. The van der Waals surface area contributed by atoms with Gasteiger partial charge in [-0.3, -0.25) is 9.59 Å². The lowest BCUT2D eigenvalue weighted by atomic mass is 10.1. The van der Waals surface area contributed by atoms with Crippen LogP contribution in [-0.2, 0) is 0 Å². The zero-order valence-corrected chi connectivity index (χ0v) is 14.1. The van der Waals surface area contributed by atoms with E-state index in [4.69, 9.17) is 9.68 Å². The third kappa shape index (κ3) is 3.70. The molecule has 25 heavy (non-hydrogen) atoms. The van der Waals surface area contributed by atoms with Crippen LogP contribution in [0.4, 0.5) is 0 Å². The molecule has 0 fully saturated rings. The molecular weight excluding hydrogens is 338 g/mol. The number of thioether (sulfide) groups is 1. The van der Waals surface area contributed by atoms with Crippen LogP contribution in [0.5, 0.6) is 0 Å². The minimum Gasteiger partial charge on any atom is -0.463 e. The molecule has 0 aliphatic carbocycles. The van der Waals surface area contributed by atoms with Crippen molar-refractivity contribution in [3.05, 3.63) is 69.7 Å². The van der Waals surface area contributed by atoms with Gasteiger partial charge in [0.05, 0.1) is 12.0 Å². The molecule has 0 radical (unpaired) electrons. The third-order valence-corrected chi connectivity index (χ3v) is 4.35. The molecule has 7 heteroatoms. The highest BCUT2D eigenvalue weighted by Crippen LogP contribution is 2.22. The predicted molar refractivity (Wildman–Crippen MR) is 93.5 cm³/mol. The molecule has 2 aromatic heterocycles. The lowest BCUT2D eigenvalue weighted by molar-refractivity contribution is 0.102. The molecule has 3 aromatic rings. The van der Waals surface area contributed by atoms with Crippen molar-refractivity contribution < 1.29 is 9.21 Å². The second-order valence-corrected chi connectivity index (χ2v) is 6.23. The van der Waals surface area contributed by atoms with E-state index in [0.29, 0.717) is 11.3 Å². The first-order valence-corrected chi connectivity index (χ1v) is 8.38. The molecule has 6 nitrogen and oxygen atoms in total. The molecule has 0 bridgehead atoms. The fraction of sp³-hybridized carbons (Fsp3) is 0.111. The Bertz CT molecular complexity index is 1000. The minimum absolute atomic E-state index is 0.0726. The van der Waals surface area contributed by atoms with Crippen LogP contribution >= 0.6 is 11.8 Å². The zero-order chi connectivity index (χ0) is 17.8. The molecule has 0 unspecified atom stereocenters. The Morgan fingerprint density at radius 1 is 1.32 bits per heavy atom. The molecule has 1 N–H and O–H groups in total. The number of ketones is 1. The van der Waals surface area contributed by atoms with Crippen LogP contribution in [0.1, 0.15) is 21.5 Å². The topological polar surface area (TPSA) is 99.8 Å². The molecule has 124 valence electrons. The fourth-order valence-electron chi connectivity index (χ4n) is 2.17. The van der Waals surface area contributed by atoms with E-state index in [9.17, 15) is 9.59 Å². The Morgan fingerprint density at radius 3 is 2.72 bits per heavy atom. The van der Waals surface area contributed by atoms with Crippen molar-refractivity contribution >= 4 is 17.5 Å². The molecule has 2 heterocycles. The van der Waals surface area contributed by atoms with Crippen molar-refractivity contribution in [2.45, 2.75) is 12.1 Å². The van der Waals surface area contributed by atoms with Gasteiger partial charge in [0.2, 0.25) is 0 Å². The molecule has 1 aromatic carbocycles. The summed E-state index contributed by atoms with van der Waals surface area (Å²) in [5.41, 5.74) is 1.16. The maximum Gasteiger partial charge on any atom is 0.270 e. The van der Waals surface area contributed by atoms with Crippen molar-refractivity contribution in [3.63, 3.8) is 0 Å². The van der Waals surface area contributed by atoms with Crippen molar-refractivity contribution in [2.75, 3.05) is 5.75 Å². The average molecular weight is 351 g/mol. The molecule has 0 saturated heterocycles. The molecule has 0 aliphatic rings. The van der Waals surface area contributed by atoms with Gasteiger partial charge in [-0.1, -0.05) is 41.6 Å². The number of nitrogens with zero attached hydrogens (tertiary/aromatic N) is 2. The van der Waals surface area contributed by atoms with Gasteiger partial charge in [-0.05, 0) is 19.1 Å². The highest BCUT2D eigenvalue weighted by Gasteiger charge is 2.16. The van der Waals surface area contributed by atoms with E-state index in [1.807, 2.05) is 25.1 Å². The normalized spacial score (nSPS) is 10.4. The maximum atomic E-state index is 12.2. The number of Topliss-reactive ketones (excluding diaryl/α,β-unsaturated/α-hetero) is 1.